The minimum absolute atomic E-state index is 0. The fraction of sp³-hybridized carbons (Fsp3) is 0.435. The fourth-order valence-corrected chi connectivity index (χ4v) is 5.23. The van der Waals surface area contributed by atoms with Crippen LogP contribution in [0.25, 0.3) is 0 Å². The number of anilines is 2. The summed E-state index contributed by atoms with van der Waals surface area (Å²) in [5.74, 6) is -1.08. The van der Waals surface area contributed by atoms with E-state index in [0.29, 0.717) is 45.0 Å². The molecule has 2 aliphatic heterocycles. The quantitative estimate of drug-likeness (QED) is 0.501. The van der Waals surface area contributed by atoms with Gasteiger partial charge >= 0.3 is 12.1 Å². The van der Waals surface area contributed by atoms with Crippen molar-refractivity contribution in [3.05, 3.63) is 48.0 Å². The van der Waals surface area contributed by atoms with Crippen LogP contribution in [0.4, 0.5) is 24.5 Å². The lowest BCUT2D eigenvalue weighted by atomic mass is 9.98. The number of hydrogen-bond donors (Lipinski definition) is 1. The van der Waals surface area contributed by atoms with Gasteiger partial charge in [0.1, 0.15) is 0 Å². The molecule has 4 rings (SSSR count). The van der Waals surface area contributed by atoms with Crippen molar-refractivity contribution in [1.29, 1.82) is 0 Å². The number of fused-ring (bicyclic) bond motifs is 2. The van der Waals surface area contributed by atoms with Gasteiger partial charge in [0.25, 0.3) is 0 Å². The molecule has 0 amide bonds. The summed E-state index contributed by atoms with van der Waals surface area (Å²) < 4.78 is 45.7. The van der Waals surface area contributed by atoms with Crippen LogP contribution in [0.2, 0.25) is 0 Å². The van der Waals surface area contributed by atoms with Gasteiger partial charge in [0, 0.05) is 29.4 Å². The molecule has 0 unspecified atom stereocenters. The summed E-state index contributed by atoms with van der Waals surface area (Å²) in [4.78, 5) is 17.0. The van der Waals surface area contributed by atoms with Crippen molar-refractivity contribution in [2.24, 2.45) is 5.92 Å². The molecule has 1 atom stereocenters. The summed E-state index contributed by atoms with van der Waals surface area (Å²) in [7, 11) is 0. The molecule has 0 bridgehead atoms. The molecule has 0 aliphatic carbocycles. The number of carbonyl (C=O) groups is 1. The van der Waals surface area contributed by atoms with Crippen molar-refractivity contribution < 1.29 is 27.8 Å². The zero-order chi connectivity index (χ0) is 22.7. The highest BCUT2D eigenvalue weighted by Crippen LogP contribution is 2.49. The first-order valence-electron chi connectivity index (χ1n) is 10.6. The largest absolute Gasteiger partial charge is 0.481 e. The molecule has 0 spiro atoms. The molecule has 0 radical (unpaired) electrons. The predicted molar refractivity (Wildman–Crippen MR) is 124 cm³/mol. The molecule has 1 fully saturated rings. The lowest BCUT2D eigenvalue weighted by Crippen LogP contribution is -2.40. The van der Waals surface area contributed by atoms with Gasteiger partial charge in [0.05, 0.1) is 36.1 Å². The van der Waals surface area contributed by atoms with E-state index in [-0.39, 0.29) is 18.3 Å². The highest BCUT2D eigenvalue weighted by molar-refractivity contribution is 7.99. The van der Waals surface area contributed by atoms with Gasteiger partial charge in [0.2, 0.25) is 0 Å². The molecule has 2 aromatic carbocycles. The SMILES string of the molecule is Cl.O=C(O)[C@H]1CCCN(CCOCCN2c3ccccc3Sc3ccc(C(F)(F)F)cc32)C1. The van der Waals surface area contributed by atoms with Crippen molar-refractivity contribution in [3.8, 4) is 0 Å². The summed E-state index contributed by atoms with van der Waals surface area (Å²) in [5, 5.41) is 9.20. The molecule has 5 nitrogen and oxygen atoms in total. The normalized spacial score (nSPS) is 18.3. The average Bonchev–Trinajstić information content (AvgIpc) is 2.77. The topological polar surface area (TPSA) is 53.0 Å². The van der Waals surface area contributed by atoms with E-state index in [0.717, 1.165) is 34.5 Å². The van der Waals surface area contributed by atoms with Crippen LogP contribution in [0, 0.1) is 5.92 Å². The molecule has 0 aromatic heterocycles. The van der Waals surface area contributed by atoms with E-state index in [2.05, 4.69) is 4.90 Å². The van der Waals surface area contributed by atoms with E-state index in [1.54, 1.807) is 0 Å². The molecule has 2 aromatic rings. The van der Waals surface area contributed by atoms with Crippen LogP contribution in [-0.4, -0.2) is 55.4 Å². The molecule has 33 heavy (non-hydrogen) atoms. The van der Waals surface area contributed by atoms with E-state index in [9.17, 15) is 23.1 Å². The zero-order valence-corrected chi connectivity index (χ0v) is 19.5. The van der Waals surface area contributed by atoms with Crippen LogP contribution in [-0.2, 0) is 15.7 Å². The number of aliphatic carboxylic acids is 1. The molecular weight excluding hydrogens is 477 g/mol. The molecule has 1 saturated heterocycles. The van der Waals surface area contributed by atoms with Gasteiger partial charge in [-0.3, -0.25) is 4.79 Å². The summed E-state index contributed by atoms with van der Waals surface area (Å²) in [6.45, 7) is 3.26. The smallest absolute Gasteiger partial charge is 0.416 e. The lowest BCUT2D eigenvalue weighted by Gasteiger charge is -2.33. The second-order valence-electron chi connectivity index (χ2n) is 7.99. The zero-order valence-electron chi connectivity index (χ0n) is 17.9. The summed E-state index contributed by atoms with van der Waals surface area (Å²) in [5.41, 5.74) is 0.737. The van der Waals surface area contributed by atoms with Crippen LogP contribution in [0.1, 0.15) is 18.4 Å². The maximum absolute atomic E-state index is 13.3. The molecule has 180 valence electrons. The monoisotopic (exact) mass is 502 g/mol. The van der Waals surface area contributed by atoms with Crippen molar-refractivity contribution >= 4 is 41.5 Å². The second-order valence-corrected chi connectivity index (χ2v) is 9.08. The Bertz CT molecular complexity index is 976. The summed E-state index contributed by atoms with van der Waals surface area (Å²) in [6.07, 6.45) is -2.84. The number of rotatable bonds is 7. The molecule has 2 heterocycles. The van der Waals surface area contributed by atoms with E-state index >= 15 is 0 Å². The molecule has 10 heteroatoms. The first-order chi connectivity index (χ1) is 15.3. The van der Waals surface area contributed by atoms with Gasteiger partial charge < -0.3 is 19.6 Å². The number of para-hydroxylation sites is 1. The standard InChI is InChI=1S/C23H25F3N2O3S.ClH/c24-23(25,26)17-7-8-21-19(14-17)28(18-5-1-2-6-20(18)32-21)11-13-31-12-10-27-9-3-4-16(15-27)22(29)30;/h1-2,5-8,14,16H,3-4,9-13,15H2,(H,29,30);1H/t16-;/m0./s1. The van der Waals surface area contributed by atoms with E-state index in [1.165, 1.54) is 23.9 Å². The van der Waals surface area contributed by atoms with Gasteiger partial charge in [-0.15, -0.1) is 12.4 Å². The average molecular weight is 503 g/mol. The number of piperidine rings is 1. The van der Waals surface area contributed by atoms with E-state index in [1.807, 2.05) is 29.2 Å². The summed E-state index contributed by atoms with van der Waals surface area (Å²) in [6, 6.07) is 11.5. The highest BCUT2D eigenvalue weighted by Gasteiger charge is 2.33. The number of hydrogen-bond acceptors (Lipinski definition) is 5. The van der Waals surface area contributed by atoms with E-state index in [4.69, 9.17) is 4.74 Å². The highest BCUT2D eigenvalue weighted by atomic mass is 35.5. The fourth-order valence-electron chi connectivity index (χ4n) is 4.16. The molecule has 2 aliphatic rings. The number of nitrogens with zero attached hydrogens (tertiary/aromatic N) is 2. The first kappa shape index (κ1) is 25.7. The lowest BCUT2D eigenvalue weighted by molar-refractivity contribution is -0.143. The Morgan fingerprint density at radius 2 is 1.82 bits per heavy atom. The molecule has 0 saturated carbocycles. The first-order valence-corrected chi connectivity index (χ1v) is 11.4. The third-order valence-electron chi connectivity index (χ3n) is 5.82. The Morgan fingerprint density at radius 3 is 2.58 bits per heavy atom. The van der Waals surface area contributed by atoms with Crippen LogP contribution < -0.4 is 4.90 Å². The molecular formula is C23H26ClF3N2O3S. The number of alkyl halides is 3. The number of carboxylic acid groups (broad SMARTS) is 1. The summed E-state index contributed by atoms with van der Waals surface area (Å²) >= 11 is 1.47. The van der Waals surface area contributed by atoms with Gasteiger partial charge in [-0.05, 0) is 49.7 Å². The van der Waals surface area contributed by atoms with Crippen LogP contribution in [0.15, 0.2) is 52.3 Å². The Balaban J connectivity index is 0.00000306. The van der Waals surface area contributed by atoms with Gasteiger partial charge in [-0.25, -0.2) is 0 Å². The number of halogens is 4. The van der Waals surface area contributed by atoms with Gasteiger partial charge in [-0.1, -0.05) is 23.9 Å². The van der Waals surface area contributed by atoms with E-state index < -0.39 is 17.7 Å². The van der Waals surface area contributed by atoms with Crippen molar-refractivity contribution in [2.75, 3.05) is 44.3 Å². The van der Waals surface area contributed by atoms with Crippen LogP contribution >= 0.6 is 24.2 Å². The number of carboxylic acids is 1. The maximum Gasteiger partial charge on any atom is 0.416 e. The molecule has 1 N–H and O–H groups in total. The minimum atomic E-state index is -4.40. The Labute approximate surface area is 201 Å². The van der Waals surface area contributed by atoms with Crippen LogP contribution in [0.5, 0.6) is 0 Å². The van der Waals surface area contributed by atoms with Gasteiger partial charge in [-0.2, -0.15) is 13.2 Å². The minimum Gasteiger partial charge on any atom is -0.481 e. The number of ether oxygens (including phenoxy) is 1. The predicted octanol–water partition coefficient (Wildman–Crippen LogP) is 5.54. The second kappa shape index (κ2) is 11.0. The van der Waals surface area contributed by atoms with Crippen molar-refractivity contribution in [2.45, 2.75) is 28.8 Å². The third-order valence-corrected chi connectivity index (χ3v) is 6.95. The van der Waals surface area contributed by atoms with Gasteiger partial charge in [0.15, 0.2) is 0 Å². The van der Waals surface area contributed by atoms with Crippen molar-refractivity contribution in [3.63, 3.8) is 0 Å². The Kier molecular flexibility index (Phi) is 8.55. The maximum atomic E-state index is 13.3. The van der Waals surface area contributed by atoms with Crippen LogP contribution in [0.3, 0.4) is 0 Å². The Hall–Kier alpha value is -1.94. The number of likely N-dealkylation sites (tertiary alicyclic amines) is 1. The number of benzene rings is 2. The Morgan fingerprint density at radius 1 is 1.09 bits per heavy atom. The third kappa shape index (κ3) is 6.15. The van der Waals surface area contributed by atoms with Crippen molar-refractivity contribution in [1.82, 2.24) is 4.90 Å².